The van der Waals surface area contributed by atoms with E-state index in [0.29, 0.717) is 5.92 Å². The van der Waals surface area contributed by atoms with Crippen LogP contribution in [0.2, 0.25) is 0 Å². The summed E-state index contributed by atoms with van der Waals surface area (Å²) in [6.45, 7) is 4.40. The molecule has 4 atom stereocenters. The van der Waals surface area contributed by atoms with Crippen molar-refractivity contribution in [3.05, 3.63) is 12.2 Å². The maximum Gasteiger partial charge on any atom is 0.133 e. The molecule has 3 nitrogen and oxygen atoms in total. The van der Waals surface area contributed by atoms with Gasteiger partial charge in [-0.15, -0.1) is 0 Å². The Morgan fingerprint density at radius 3 is 2.76 bits per heavy atom. The van der Waals surface area contributed by atoms with E-state index in [-0.39, 0.29) is 18.4 Å². The van der Waals surface area contributed by atoms with Gasteiger partial charge in [0.1, 0.15) is 6.23 Å². The number of allylic oxidation sites excluding steroid dienone is 1. The average molecular weight is 241 g/mol. The van der Waals surface area contributed by atoms with Crippen LogP contribution in [0.25, 0.3) is 0 Å². The van der Waals surface area contributed by atoms with Crippen LogP contribution in [0.15, 0.2) is 12.2 Å². The first-order chi connectivity index (χ1) is 8.19. The van der Waals surface area contributed by atoms with Crippen LogP contribution in [-0.4, -0.2) is 25.5 Å². The van der Waals surface area contributed by atoms with Gasteiger partial charge in [0.2, 0.25) is 0 Å². The monoisotopic (exact) mass is 241 g/mol. The van der Waals surface area contributed by atoms with E-state index in [1.54, 1.807) is 7.11 Å². The van der Waals surface area contributed by atoms with Crippen molar-refractivity contribution in [3.8, 4) is 0 Å². The number of methoxy groups -OCH3 is 1. The summed E-state index contributed by atoms with van der Waals surface area (Å²) >= 11 is 0. The quantitative estimate of drug-likeness (QED) is 0.574. The Labute approximate surface area is 105 Å². The smallest absolute Gasteiger partial charge is 0.133 e. The molecule has 0 aliphatic carbocycles. The summed E-state index contributed by atoms with van der Waals surface area (Å²) in [4.78, 5) is 0. The predicted octanol–water partition coefficient (Wildman–Crippen LogP) is 2.85. The largest absolute Gasteiger partial charge is 0.377 e. The molecule has 17 heavy (non-hydrogen) atoms. The van der Waals surface area contributed by atoms with Gasteiger partial charge in [-0.05, 0) is 25.2 Å². The fourth-order valence-electron chi connectivity index (χ4n) is 2.41. The molecule has 1 fully saturated rings. The van der Waals surface area contributed by atoms with E-state index in [2.05, 4.69) is 26.0 Å². The van der Waals surface area contributed by atoms with E-state index in [9.17, 15) is 0 Å². The fraction of sp³-hybridized carbons (Fsp3) is 0.857. The first kappa shape index (κ1) is 14.7. The van der Waals surface area contributed by atoms with E-state index in [0.717, 1.165) is 12.8 Å². The third kappa shape index (κ3) is 4.78. The molecule has 0 radical (unpaired) electrons. The summed E-state index contributed by atoms with van der Waals surface area (Å²) in [6, 6.07) is 0. The summed E-state index contributed by atoms with van der Waals surface area (Å²) in [5, 5.41) is 0. The van der Waals surface area contributed by atoms with Crippen LogP contribution in [0.1, 0.15) is 46.0 Å². The van der Waals surface area contributed by atoms with Crippen molar-refractivity contribution in [1.82, 2.24) is 0 Å². The first-order valence-electron chi connectivity index (χ1n) is 6.79. The van der Waals surface area contributed by atoms with Gasteiger partial charge in [0.15, 0.2) is 0 Å². The van der Waals surface area contributed by atoms with Crippen LogP contribution in [0.4, 0.5) is 0 Å². The molecule has 0 spiro atoms. The number of ether oxygens (including phenoxy) is 2. The molecule has 1 heterocycles. The standard InChI is InChI=1S/C14H27NO2/c1-4-5-6-7-8-9-12-10-11(2)13(16-3)14(15)17-12/h8-9,11-14H,4-7,10,15H2,1-3H3/b9-8+/t11-,12?,13-,14+/m0/s1. The maximum absolute atomic E-state index is 5.94. The highest BCUT2D eigenvalue weighted by Gasteiger charge is 2.33. The lowest BCUT2D eigenvalue weighted by atomic mass is 9.93. The van der Waals surface area contributed by atoms with Crippen molar-refractivity contribution in [2.75, 3.05) is 7.11 Å². The summed E-state index contributed by atoms with van der Waals surface area (Å²) in [7, 11) is 1.70. The van der Waals surface area contributed by atoms with Crippen molar-refractivity contribution >= 4 is 0 Å². The Morgan fingerprint density at radius 1 is 1.41 bits per heavy atom. The van der Waals surface area contributed by atoms with E-state index in [1.165, 1.54) is 19.3 Å². The van der Waals surface area contributed by atoms with E-state index in [1.807, 2.05) is 0 Å². The molecule has 3 heteroatoms. The van der Waals surface area contributed by atoms with Crippen molar-refractivity contribution in [3.63, 3.8) is 0 Å². The minimum atomic E-state index is -0.297. The second kappa shape index (κ2) is 7.85. The second-order valence-corrected chi connectivity index (χ2v) is 4.98. The number of hydrogen-bond donors (Lipinski definition) is 1. The third-order valence-electron chi connectivity index (χ3n) is 3.42. The number of unbranched alkanes of at least 4 members (excludes halogenated alkanes) is 3. The van der Waals surface area contributed by atoms with Crippen LogP contribution < -0.4 is 5.73 Å². The Hall–Kier alpha value is -0.380. The summed E-state index contributed by atoms with van der Waals surface area (Å²) in [5.74, 6) is 0.453. The van der Waals surface area contributed by atoms with E-state index >= 15 is 0 Å². The van der Waals surface area contributed by atoms with Gasteiger partial charge < -0.3 is 15.2 Å². The second-order valence-electron chi connectivity index (χ2n) is 4.98. The molecular formula is C14H27NO2. The zero-order chi connectivity index (χ0) is 12.7. The zero-order valence-electron chi connectivity index (χ0n) is 11.4. The average Bonchev–Trinajstić information content (AvgIpc) is 2.28. The van der Waals surface area contributed by atoms with Gasteiger partial charge in [-0.1, -0.05) is 38.8 Å². The van der Waals surface area contributed by atoms with Gasteiger partial charge in [0.25, 0.3) is 0 Å². The molecule has 1 saturated heterocycles. The van der Waals surface area contributed by atoms with Gasteiger partial charge in [-0.3, -0.25) is 0 Å². The molecule has 1 rings (SSSR count). The normalized spacial score (nSPS) is 34.4. The maximum atomic E-state index is 5.94. The van der Waals surface area contributed by atoms with Crippen LogP contribution in [0, 0.1) is 5.92 Å². The molecule has 0 saturated carbocycles. The van der Waals surface area contributed by atoms with Gasteiger partial charge >= 0.3 is 0 Å². The van der Waals surface area contributed by atoms with Gasteiger partial charge in [0.05, 0.1) is 12.2 Å². The molecule has 0 aromatic heterocycles. The third-order valence-corrected chi connectivity index (χ3v) is 3.42. The Kier molecular flexibility index (Phi) is 6.78. The highest BCUT2D eigenvalue weighted by Crippen LogP contribution is 2.25. The lowest BCUT2D eigenvalue weighted by Gasteiger charge is -2.37. The first-order valence-corrected chi connectivity index (χ1v) is 6.79. The molecule has 1 aliphatic heterocycles. The predicted molar refractivity (Wildman–Crippen MR) is 70.7 cm³/mol. The van der Waals surface area contributed by atoms with Gasteiger partial charge in [-0.25, -0.2) is 0 Å². The van der Waals surface area contributed by atoms with Crippen molar-refractivity contribution in [1.29, 1.82) is 0 Å². The summed E-state index contributed by atoms with van der Waals surface area (Å²) < 4.78 is 11.1. The highest BCUT2D eigenvalue weighted by molar-refractivity contribution is 4.95. The molecule has 0 aromatic carbocycles. The molecule has 100 valence electrons. The number of nitrogens with two attached hydrogens (primary N) is 1. The van der Waals surface area contributed by atoms with Gasteiger partial charge in [0, 0.05) is 7.11 Å². The molecule has 1 unspecified atom stereocenters. The van der Waals surface area contributed by atoms with E-state index < -0.39 is 0 Å². The van der Waals surface area contributed by atoms with Crippen LogP contribution in [0.5, 0.6) is 0 Å². The number of hydrogen-bond acceptors (Lipinski definition) is 3. The molecule has 2 N–H and O–H groups in total. The Bertz CT molecular complexity index is 218. The zero-order valence-corrected chi connectivity index (χ0v) is 11.4. The minimum absolute atomic E-state index is 0.0275. The Morgan fingerprint density at radius 2 is 2.18 bits per heavy atom. The molecule has 0 amide bonds. The van der Waals surface area contributed by atoms with E-state index in [4.69, 9.17) is 15.2 Å². The van der Waals surface area contributed by atoms with Gasteiger partial charge in [-0.2, -0.15) is 0 Å². The highest BCUT2D eigenvalue weighted by atomic mass is 16.6. The van der Waals surface area contributed by atoms with Crippen molar-refractivity contribution in [2.24, 2.45) is 11.7 Å². The summed E-state index contributed by atoms with van der Waals surface area (Å²) in [5.41, 5.74) is 5.94. The van der Waals surface area contributed by atoms with Crippen LogP contribution in [0.3, 0.4) is 0 Å². The Balaban J connectivity index is 2.31. The van der Waals surface area contributed by atoms with Crippen molar-refractivity contribution < 1.29 is 9.47 Å². The topological polar surface area (TPSA) is 44.5 Å². The SMILES string of the molecule is CCCCC/C=C/C1C[C@H](C)[C@H](OC)[C@H](N)O1. The lowest BCUT2D eigenvalue weighted by Crippen LogP contribution is -2.49. The minimum Gasteiger partial charge on any atom is -0.377 e. The molecular weight excluding hydrogens is 214 g/mol. The van der Waals surface area contributed by atoms with Crippen LogP contribution in [-0.2, 0) is 9.47 Å². The number of rotatable bonds is 6. The fourth-order valence-corrected chi connectivity index (χ4v) is 2.41. The molecule has 0 bridgehead atoms. The molecule has 1 aliphatic rings. The van der Waals surface area contributed by atoms with Crippen LogP contribution >= 0.6 is 0 Å². The van der Waals surface area contributed by atoms with Crippen molar-refractivity contribution in [2.45, 2.75) is 64.4 Å². The summed E-state index contributed by atoms with van der Waals surface area (Å²) in [6.07, 6.45) is 10.3. The molecule has 0 aromatic rings. The lowest BCUT2D eigenvalue weighted by molar-refractivity contribution is -0.136.